The number of methoxy groups -OCH3 is 1. The number of aliphatic imine (C=N–C) groups is 1. The van der Waals surface area contributed by atoms with Crippen molar-refractivity contribution in [3.8, 4) is 0 Å². The molecule has 0 radical (unpaired) electrons. The highest BCUT2D eigenvalue weighted by Gasteiger charge is 2.29. The van der Waals surface area contributed by atoms with Gasteiger partial charge in [-0.15, -0.1) is 0 Å². The number of alkyl halides is 3. The van der Waals surface area contributed by atoms with Crippen molar-refractivity contribution < 1.29 is 17.9 Å². The normalized spacial score (nSPS) is 12.3. The Balaban J connectivity index is 2.01. The van der Waals surface area contributed by atoms with Crippen molar-refractivity contribution in [3.05, 3.63) is 52.3 Å². The largest absolute Gasteiger partial charge is 0.416 e. The van der Waals surface area contributed by atoms with Gasteiger partial charge in [0.2, 0.25) is 0 Å². The summed E-state index contributed by atoms with van der Waals surface area (Å²) in [7, 11) is 5.17. The number of halogens is 3. The maximum atomic E-state index is 12.7. The van der Waals surface area contributed by atoms with Gasteiger partial charge >= 0.3 is 6.18 Å². The van der Waals surface area contributed by atoms with E-state index in [-0.39, 0.29) is 0 Å². The van der Waals surface area contributed by atoms with Crippen molar-refractivity contribution in [1.29, 1.82) is 0 Å². The lowest BCUT2D eigenvalue weighted by molar-refractivity contribution is -0.137. The Morgan fingerprint density at radius 3 is 2.45 bits per heavy atom. The van der Waals surface area contributed by atoms with E-state index < -0.39 is 11.7 Å². The summed E-state index contributed by atoms with van der Waals surface area (Å²) in [6, 6.07) is 5.17. The van der Waals surface area contributed by atoms with Crippen molar-refractivity contribution >= 4 is 5.96 Å². The Bertz CT molecular complexity index is 828. The zero-order valence-corrected chi connectivity index (χ0v) is 17.5. The Labute approximate surface area is 169 Å². The summed E-state index contributed by atoms with van der Waals surface area (Å²) >= 11 is 0. The molecule has 0 saturated heterocycles. The number of nitrogens with one attached hydrogen (secondary N) is 1. The van der Waals surface area contributed by atoms with Crippen LogP contribution >= 0.6 is 0 Å². The average molecular weight is 411 g/mol. The third kappa shape index (κ3) is 5.96. The zero-order chi connectivity index (χ0) is 21.6. The molecular weight excluding hydrogens is 383 g/mol. The van der Waals surface area contributed by atoms with Crippen LogP contribution in [0.3, 0.4) is 0 Å². The number of hydrogen-bond acceptors (Lipinski definition) is 3. The molecule has 0 unspecified atom stereocenters. The van der Waals surface area contributed by atoms with Crippen molar-refractivity contribution in [3.63, 3.8) is 0 Å². The van der Waals surface area contributed by atoms with Crippen LogP contribution in [0.15, 0.2) is 29.3 Å². The van der Waals surface area contributed by atoms with E-state index in [2.05, 4.69) is 15.4 Å². The Morgan fingerprint density at radius 1 is 1.24 bits per heavy atom. The highest BCUT2D eigenvalue weighted by molar-refractivity contribution is 5.79. The van der Waals surface area contributed by atoms with E-state index in [9.17, 15) is 13.2 Å². The van der Waals surface area contributed by atoms with Crippen molar-refractivity contribution in [2.45, 2.75) is 39.7 Å². The van der Waals surface area contributed by atoms with Crippen LogP contribution in [-0.2, 0) is 30.5 Å². The smallest absolute Gasteiger partial charge is 0.383 e. The van der Waals surface area contributed by atoms with Gasteiger partial charge in [0.25, 0.3) is 0 Å². The van der Waals surface area contributed by atoms with Crippen molar-refractivity contribution in [2.75, 3.05) is 27.8 Å². The first-order valence-electron chi connectivity index (χ1n) is 9.27. The molecule has 2 rings (SSSR count). The van der Waals surface area contributed by atoms with E-state index in [0.29, 0.717) is 32.2 Å². The van der Waals surface area contributed by atoms with Gasteiger partial charge in [0, 0.05) is 45.6 Å². The number of aromatic nitrogens is 2. The maximum Gasteiger partial charge on any atom is 0.416 e. The minimum Gasteiger partial charge on any atom is -0.383 e. The molecule has 0 spiro atoms. The summed E-state index contributed by atoms with van der Waals surface area (Å²) in [6.45, 7) is 6.24. The molecule has 0 aliphatic heterocycles. The molecule has 2 aromatic rings. The van der Waals surface area contributed by atoms with Gasteiger partial charge in [-0.05, 0) is 31.5 Å². The number of aryl methyl sites for hydroxylation is 1. The Kier molecular flexibility index (Phi) is 7.66. The fraction of sp³-hybridized carbons (Fsp3) is 0.500. The molecule has 1 N–H and O–H groups in total. The highest BCUT2D eigenvalue weighted by atomic mass is 19.4. The number of nitrogens with zero attached hydrogens (tertiary/aromatic N) is 4. The molecule has 1 heterocycles. The molecule has 0 aliphatic carbocycles. The highest BCUT2D eigenvalue weighted by Crippen LogP contribution is 2.29. The van der Waals surface area contributed by atoms with Crippen LogP contribution in [0.1, 0.15) is 28.1 Å². The predicted octanol–water partition coefficient (Wildman–Crippen LogP) is 3.37. The standard InChI is InChI=1S/C20H28F3N5O/c1-14-18(15(2)28(26-14)10-11-29-5)12-25-19(24-3)27(4)13-16-6-8-17(9-7-16)20(21,22)23/h6-9H,10-13H2,1-5H3,(H,24,25). The molecule has 160 valence electrons. The first-order chi connectivity index (χ1) is 13.7. The topological polar surface area (TPSA) is 54.7 Å². The van der Waals surface area contributed by atoms with Gasteiger partial charge in [-0.1, -0.05) is 12.1 Å². The van der Waals surface area contributed by atoms with E-state index in [1.807, 2.05) is 30.5 Å². The Hall–Kier alpha value is -2.55. The number of guanidine groups is 1. The third-order valence-electron chi connectivity index (χ3n) is 4.74. The van der Waals surface area contributed by atoms with Crippen molar-refractivity contribution in [2.24, 2.45) is 4.99 Å². The molecule has 0 amide bonds. The number of ether oxygens (including phenoxy) is 1. The quantitative estimate of drug-likeness (QED) is 0.561. The van der Waals surface area contributed by atoms with Gasteiger partial charge in [0.05, 0.1) is 24.4 Å². The molecular formula is C20H28F3N5O. The van der Waals surface area contributed by atoms with Gasteiger partial charge in [-0.3, -0.25) is 9.67 Å². The fourth-order valence-electron chi connectivity index (χ4n) is 3.09. The van der Waals surface area contributed by atoms with Crippen LogP contribution in [0.5, 0.6) is 0 Å². The number of rotatable bonds is 7. The van der Waals surface area contributed by atoms with Crippen molar-refractivity contribution in [1.82, 2.24) is 20.0 Å². The monoisotopic (exact) mass is 411 g/mol. The van der Waals surface area contributed by atoms with Crippen LogP contribution in [-0.4, -0.2) is 48.5 Å². The zero-order valence-electron chi connectivity index (χ0n) is 17.5. The molecule has 29 heavy (non-hydrogen) atoms. The molecule has 0 saturated carbocycles. The van der Waals surface area contributed by atoms with Gasteiger partial charge in [0.1, 0.15) is 0 Å². The predicted molar refractivity (Wildman–Crippen MR) is 107 cm³/mol. The second-order valence-electron chi connectivity index (χ2n) is 6.82. The minimum absolute atomic E-state index is 0.433. The molecule has 9 heteroatoms. The van der Waals surface area contributed by atoms with Gasteiger partial charge < -0.3 is 15.0 Å². The van der Waals surface area contributed by atoms with Gasteiger partial charge in [-0.2, -0.15) is 18.3 Å². The van der Waals surface area contributed by atoms with E-state index in [1.165, 1.54) is 12.1 Å². The average Bonchev–Trinajstić information content (AvgIpc) is 2.93. The number of hydrogen-bond donors (Lipinski definition) is 1. The molecule has 1 aromatic heterocycles. The summed E-state index contributed by atoms with van der Waals surface area (Å²) in [5.41, 5.74) is 3.20. The molecule has 6 nitrogen and oxygen atoms in total. The molecule has 0 fully saturated rings. The summed E-state index contributed by atoms with van der Waals surface area (Å²) in [4.78, 5) is 6.14. The molecule has 0 atom stereocenters. The second-order valence-corrected chi connectivity index (χ2v) is 6.82. The summed E-state index contributed by atoms with van der Waals surface area (Å²) < 4.78 is 45.2. The Morgan fingerprint density at radius 2 is 1.90 bits per heavy atom. The molecule has 0 bridgehead atoms. The van der Waals surface area contributed by atoms with E-state index in [0.717, 1.165) is 34.6 Å². The summed E-state index contributed by atoms with van der Waals surface area (Å²) in [5.74, 6) is 0.647. The lowest BCUT2D eigenvalue weighted by Crippen LogP contribution is -2.38. The molecule has 1 aromatic carbocycles. The minimum atomic E-state index is -4.33. The van der Waals surface area contributed by atoms with Gasteiger partial charge in [0.15, 0.2) is 5.96 Å². The van der Waals surface area contributed by atoms with Crippen LogP contribution in [0.25, 0.3) is 0 Å². The van der Waals surface area contributed by atoms with Crippen LogP contribution < -0.4 is 5.32 Å². The van der Waals surface area contributed by atoms with E-state index in [1.54, 1.807) is 14.2 Å². The lowest BCUT2D eigenvalue weighted by atomic mass is 10.1. The van der Waals surface area contributed by atoms with E-state index in [4.69, 9.17) is 4.74 Å². The lowest BCUT2D eigenvalue weighted by Gasteiger charge is -2.22. The van der Waals surface area contributed by atoms with E-state index >= 15 is 0 Å². The number of benzene rings is 1. The SMILES string of the molecule is CN=C(NCc1c(C)nn(CCOC)c1C)N(C)Cc1ccc(C(F)(F)F)cc1. The maximum absolute atomic E-state index is 12.7. The third-order valence-corrected chi connectivity index (χ3v) is 4.74. The first kappa shape index (κ1) is 22.7. The fourth-order valence-corrected chi connectivity index (χ4v) is 3.09. The molecule has 0 aliphatic rings. The summed E-state index contributed by atoms with van der Waals surface area (Å²) in [5, 5.41) is 7.85. The summed E-state index contributed by atoms with van der Waals surface area (Å²) in [6.07, 6.45) is -4.33. The first-order valence-corrected chi connectivity index (χ1v) is 9.27. The second kappa shape index (κ2) is 9.78. The van der Waals surface area contributed by atoms with Crippen LogP contribution in [0.2, 0.25) is 0 Å². The van der Waals surface area contributed by atoms with Crippen LogP contribution in [0, 0.1) is 13.8 Å². The van der Waals surface area contributed by atoms with Gasteiger partial charge in [-0.25, -0.2) is 0 Å². The van der Waals surface area contributed by atoms with Crippen LogP contribution in [0.4, 0.5) is 13.2 Å².